The Bertz CT molecular complexity index is 273. The smallest absolute Gasteiger partial charge is 0.0971 e. The molecule has 0 aliphatic carbocycles. The van der Waals surface area contributed by atoms with Crippen LogP contribution in [0.3, 0.4) is 0 Å². The first-order valence-electron chi connectivity index (χ1n) is 4.64. The second kappa shape index (κ2) is 4.07. The zero-order chi connectivity index (χ0) is 9.10. The molecule has 1 unspecified atom stereocenters. The van der Waals surface area contributed by atoms with E-state index in [1.165, 1.54) is 6.42 Å². The minimum absolute atomic E-state index is 0.151. The molecule has 0 N–H and O–H groups in total. The first-order chi connectivity index (χ1) is 6.42. The maximum atomic E-state index is 10.9. The minimum atomic E-state index is 0.151. The van der Waals surface area contributed by atoms with Crippen molar-refractivity contribution in [1.82, 2.24) is 8.87 Å². The quantitative estimate of drug-likeness (QED) is 0.713. The third-order valence-corrected chi connectivity index (χ3v) is 3.20. The number of thiol groups is 1. The molecule has 4 heteroatoms. The molecule has 1 aromatic rings. The molecule has 1 aliphatic heterocycles. The summed E-state index contributed by atoms with van der Waals surface area (Å²) in [5.41, 5.74) is 0. The van der Waals surface area contributed by atoms with Gasteiger partial charge in [0.2, 0.25) is 0 Å². The Morgan fingerprint density at radius 2 is 2.00 bits per heavy atom. The van der Waals surface area contributed by atoms with Crippen molar-refractivity contribution in [2.24, 2.45) is 0 Å². The second-order valence-electron chi connectivity index (χ2n) is 3.35. The third-order valence-electron chi connectivity index (χ3n) is 2.52. The van der Waals surface area contributed by atoms with Crippen molar-refractivity contribution in [3.05, 3.63) is 24.5 Å². The maximum absolute atomic E-state index is 10.9. The average Bonchev–Trinajstić information content (AvgIpc) is 2.70. The standard InChI is InChI=1S/C9H14N2OS/c12-13-11-8-2-1-5-9(11)10-6-3-4-7-10/h3-4,6-7,9,13H,1-2,5,8H2. The molecule has 0 radical (unpaired) electrons. The molecule has 0 aromatic carbocycles. The zero-order valence-electron chi connectivity index (χ0n) is 7.47. The van der Waals surface area contributed by atoms with Crippen LogP contribution < -0.4 is 0 Å². The van der Waals surface area contributed by atoms with E-state index >= 15 is 0 Å². The first kappa shape index (κ1) is 8.97. The molecule has 1 aromatic heterocycles. The highest BCUT2D eigenvalue weighted by Gasteiger charge is 2.21. The molecule has 2 rings (SSSR count). The highest BCUT2D eigenvalue weighted by atomic mass is 32.2. The summed E-state index contributed by atoms with van der Waals surface area (Å²) in [6, 6.07) is 4.02. The largest absolute Gasteiger partial charge is 0.337 e. The summed E-state index contributed by atoms with van der Waals surface area (Å²) in [7, 11) is 0. The summed E-state index contributed by atoms with van der Waals surface area (Å²) in [5, 5.41) is 0. The average molecular weight is 198 g/mol. The number of hydrogen-bond donors (Lipinski definition) is 1. The van der Waals surface area contributed by atoms with E-state index in [1.807, 2.05) is 28.8 Å². The van der Waals surface area contributed by atoms with Crippen LogP contribution in [-0.2, 0) is 11.9 Å². The molecular weight excluding hydrogens is 184 g/mol. The van der Waals surface area contributed by atoms with E-state index in [2.05, 4.69) is 4.57 Å². The SMILES string of the molecule is O=[SH]N1CCCCC1n1cccc1. The minimum Gasteiger partial charge on any atom is -0.337 e. The predicted octanol–water partition coefficient (Wildman–Crippen LogP) is 1.33. The Morgan fingerprint density at radius 1 is 1.23 bits per heavy atom. The van der Waals surface area contributed by atoms with Crippen molar-refractivity contribution in [1.29, 1.82) is 0 Å². The number of hydrogen-bond acceptors (Lipinski definition) is 1. The lowest BCUT2D eigenvalue weighted by atomic mass is 10.1. The number of piperidine rings is 1. The zero-order valence-corrected chi connectivity index (χ0v) is 8.36. The lowest BCUT2D eigenvalue weighted by Gasteiger charge is -2.31. The second-order valence-corrected chi connectivity index (χ2v) is 4.03. The topological polar surface area (TPSA) is 25.2 Å². The van der Waals surface area contributed by atoms with E-state index < -0.39 is 0 Å². The van der Waals surface area contributed by atoms with Crippen LogP contribution in [0.5, 0.6) is 0 Å². The number of nitrogens with zero attached hydrogens (tertiary/aromatic N) is 2. The summed E-state index contributed by atoms with van der Waals surface area (Å²) < 4.78 is 15.0. The van der Waals surface area contributed by atoms with Gasteiger partial charge in [-0.25, -0.2) is 8.51 Å². The summed E-state index contributed by atoms with van der Waals surface area (Å²) in [6.45, 7) is 0.938. The van der Waals surface area contributed by atoms with Crippen molar-refractivity contribution in [3.63, 3.8) is 0 Å². The van der Waals surface area contributed by atoms with Crippen molar-refractivity contribution >= 4 is 11.9 Å². The Balaban J connectivity index is 2.15. The van der Waals surface area contributed by atoms with Crippen molar-refractivity contribution in [3.8, 4) is 0 Å². The fourth-order valence-corrected chi connectivity index (χ4v) is 2.41. The molecule has 1 saturated heterocycles. The van der Waals surface area contributed by atoms with Gasteiger partial charge in [0.05, 0.1) is 18.0 Å². The van der Waals surface area contributed by atoms with Crippen molar-refractivity contribution in [2.75, 3.05) is 6.54 Å². The Morgan fingerprint density at radius 3 is 2.69 bits per heavy atom. The van der Waals surface area contributed by atoms with Gasteiger partial charge in [0.1, 0.15) is 0 Å². The molecule has 0 saturated carbocycles. The van der Waals surface area contributed by atoms with Crippen molar-refractivity contribution in [2.45, 2.75) is 25.4 Å². The van der Waals surface area contributed by atoms with Gasteiger partial charge in [-0.3, -0.25) is 0 Å². The predicted molar refractivity (Wildman–Crippen MR) is 53.6 cm³/mol. The van der Waals surface area contributed by atoms with Gasteiger partial charge in [0.25, 0.3) is 0 Å². The molecular formula is C9H14N2OS. The van der Waals surface area contributed by atoms with Gasteiger partial charge in [-0.15, -0.1) is 0 Å². The van der Waals surface area contributed by atoms with Gasteiger partial charge in [-0.2, -0.15) is 0 Å². The summed E-state index contributed by atoms with van der Waals surface area (Å²) in [5.74, 6) is 0. The van der Waals surface area contributed by atoms with E-state index in [0.717, 1.165) is 19.4 Å². The molecule has 13 heavy (non-hydrogen) atoms. The van der Waals surface area contributed by atoms with Crippen LogP contribution >= 0.6 is 0 Å². The van der Waals surface area contributed by atoms with Gasteiger partial charge in [0, 0.05) is 18.9 Å². The van der Waals surface area contributed by atoms with E-state index in [4.69, 9.17) is 0 Å². The lowest BCUT2D eigenvalue weighted by Crippen LogP contribution is -2.33. The van der Waals surface area contributed by atoms with Gasteiger partial charge in [-0.1, -0.05) is 0 Å². The number of aromatic nitrogens is 1. The van der Waals surface area contributed by atoms with Gasteiger partial charge < -0.3 is 4.57 Å². The first-order valence-corrected chi connectivity index (χ1v) is 5.40. The van der Waals surface area contributed by atoms with Gasteiger partial charge in [0.15, 0.2) is 0 Å². The van der Waals surface area contributed by atoms with Crippen LogP contribution in [0.15, 0.2) is 24.5 Å². The van der Waals surface area contributed by atoms with Crippen LogP contribution in [0.25, 0.3) is 0 Å². The van der Waals surface area contributed by atoms with Crippen LogP contribution in [-0.4, -0.2) is 19.6 Å². The van der Waals surface area contributed by atoms with E-state index in [-0.39, 0.29) is 11.9 Å². The lowest BCUT2D eigenvalue weighted by molar-refractivity contribution is 0.202. The molecule has 1 atom stereocenters. The molecule has 0 amide bonds. The van der Waals surface area contributed by atoms with Crippen LogP contribution in [0.2, 0.25) is 0 Å². The maximum Gasteiger partial charge on any atom is 0.0971 e. The molecule has 72 valence electrons. The molecule has 2 heterocycles. The van der Waals surface area contributed by atoms with E-state index in [1.54, 1.807) is 0 Å². The Kier molecular flexibility index (Phi) is 2.80. The molecule has 1 fully saturated rings. The summed E-state index contributed by atoms with van der Waals surface area (Å²) in [6.07, 6.45) is 7.86. The third kappa shape index (κ3) is 1.84. The molecule has 0 spiro atoms. The highest BCUT2D eigenvalue weighted by Crippen LogP contribution is 2.24. The van der Waals surface area contributed by atoms with E-state index in [9.17, 15) is 4.21 Å². The number of rotatable bonds is 2. The van der Waals surface area contributed by atoms with Crippen molar-refractivity contribution < 1.29 is 4.21 Å². The van der Waals surface area contributed by atoms with Crippen LogP contribution in [0.1, 0.15) is 25.4 Å². The normalized spacial score (nSPS) is 24.8. The summed E-state index contributed by atoms with van der Waals surface area (Å²) in [4.78, 5) is 0. The van der Waals surface area contributed by atoms with Crippen LogP contribution in [0.4, 0.5) is 0 Å². The van der Waals surface area contributed by atoms with E-state index in [0.29, 0.717) is 6.17 Å². The summed E-state index contributed by atoms with van der Waals surface area (Å²) >= 11 is 0.151. The molecule has 1 aliphatic rings. The monoisotopic (exact) mass is 198 g/mol. The molecule has 3 nitrogen and oxygen atoms in total. The molecule has 0 bridgehead atoms. The highest BCUT2D eigenvalue weighted by molar-refractivity contribution is 7.63. The van der Waals surface area contributed by atoms with Crippen LogP contribution in [0, 0.1) is 0 Å². The Hall–Kier alpha value is -0.610. The van der Waals surface area contributed by atoms with Gasteiger partial charge in [-0.05, 0) is 31.4 Å². The fraction of sp³-hybridized carbons (Fsp3) is 0.556. The Labute approximate surface area is 82.0 Å². The fourth-order valence-electron chi connectivity index (χ4n) is 1.84. The van der Waals surface area contributed by atoms with Gasteiger partial charge >= 0.3 is 0 Å².